The minimum atomic E-state index is 0.561. The van der Waals surface area contributed by atoms with Gasteiger partial charge in [-0.05, 0) is 42.7 Å². The van der Waals surface area contributed by atoms with Gasteiger partial charge in [-0.2, -0.15) is 0 Å². The van der Waals surface area contributed by atoms with Crippen molar-refractivity contribution in [3.05, 3.63) is 28.8 Å². The van der Waals surface area contributed by atoms with Crippen molar-refractivity contribution in [3.63, 3.8) is 0 Å². The van der Waals surface area contributed by atoms with Crippen LogP contribution in [0.25, 0.3) is 0 Å². The molecule has 1 aliphatic carbocycles. The molecule has 1 fully saturated rings. The molecule has 15 heavy (non-hydrogen) atoms. The first kappa shape index (κ1) is 10.0. The summed E-state index contributed by atoms with van der Waals surface area (Å²) < 4.78 is 0. The van der Waals surface area contributed by atoms with Crippen LogP contribution in [-0.4, -0.2) is 11.8 Å². The maximum Gasteiger partial charge on any atom is 0.0417 e. The van der Waals surface area contributed by atoms with Gasteiger partial charge in [0.25, 0.3) is 0 Å². The molecule has 0 amide bonds. The lowest BCUT2D eigenvalue weighted by molar-refractivity contribution is 0.507. The summed E-state index contributed by atoms with van der Waals surface area (Å²) in [7, 11) is 0. The number of rotatable bonds is 2. The summed E-state index contributed by atoms with van der Waals surface area (Å²) >= 11 is 7.94. The average Bonchev–Trinajstić information content (AvgIpc) is 3.01. The van der Waals surface area contributed by atoms with Crippen LogP contribution in [-0.2, 0) is 0 Å². The van der Waals surface area contributed by atoms with E-state index >= 15 is 0 Å². The summed E-state index contributed by atoms with van der Waals surface area (Å²) in [5.41, 5.74) is 1.45. The van der Waals surface area contributed by atoms with Crippen molar-refractivity contribution in [2.45, 2.75) is 36.2 Å². The predicted molar refractivity (Wildman–Crippen MR) is 65.7 cm³/mol. The normalized spacial score (nSPS) is 25.0. The van der Waals surface area contributed by atoms with E-state index < -0.39 is 0 Å². The fourth-order valence-electron chi connectivity index (χ4n) is 2.07. The molecule has 1 aromatic carbocycles. The van der Waals surface area contributed by atoms with Crippen LogP contribution in [0.5, 0.6) is 0 Å². The third-order valence-corrected chi connectivity index (χ3v) is 4.37. The van der Waals surface area contributed by atoms with Gasteiger partial charge in [0.2, 0.25) is 0 Å². The molecule has 0 bridgehead atoms. The van der Waals surface area contributed by atoms with Crippen molar-refractivity contribution in [3.8, 4) is 0 Å². The van der Waals surface area contributed by atoms with E-state index in [1.165, 1.54) is 35.5 Å². The highest BCUT2D eigenvalue weighted by molar-refractivity contribution is 7.99. The zero-order valence-corrected chi connectivity index (χ0v) is 10.1. The highest BCUT2D eigenvalue weighted by Crippen LogP contribution is 2.39. The lowest BCUT2D eigenvalue weighted by Gasteiger charge is -2.26. The number of benzene rings is 1. The van der Waals surface area contributed by atoms with Crippen LogP contribution in [0.3, 0.4) is 0 Å². The molecular formula is C12H14ClNS. The van der Waals surface area contributed by atoms with E-state index in [1.807, 2.05) is 17.8 Å². The summed E-state index contributed by atoms with van der Waals surface area (Å²) in [6.07, 6.45) is 3.95. The minimum Gasteiger partial charge on any atom is -0.307 e. The zero-order valence-electron chi connectivity index (χ0n) is 8.50. The molecule has 0 spiro atoms. The average molecular weight is 240 g/mol. The molecule has 1 saturated carbocycles. The second kappa shape index (κ2) is 4.00. The summed E-state index contributed by atoms with van der Waals surface area (Å²) in [5, 5.41) is 4.57. The Morgan fingerprint density at radius 2 is 2.13 bits per heavy atom. The van der Waals surface area contributed by atoms with Gasteiger partial charge in [-0.15, -0.1) is 11.8 Å². The topological polar surface area (TPSA) is 12.0 Å². The highest BCUT2D eigenvalue weighted by atomic mass is 35.5. The summed E-state index contributed by atoms with van der Waals surface area (Å²) in [5.74, 6) is 1.21. The molecule has 1 nitrogen and oxygen atoms in total. The van der Waals surface area contributed by atoms with Crippen LogP contribution in [0.1, 0.15) is 30.9 Å². The van der Waals surface area contributed by atoms with Gasteiger partial charge >= 0.3 is 0 Å². The number of halogens is 1. The largest absolute Gasteiger partial charge is 0.307 e. The van der Waals surface area contributed by atoms with E-state index in [1.54, 1.807) is 0 Å². The quantitative estimate of drug-likeness (QED) is 0.846. The van der Waals surface area contributed by atoms with Gasteiger partial charge in [0.05, 0.1) is 0 Å². The second-order valence-electron chi connectivity index (χ2n) is 4.31. The number of fused-ring (bicyclic) bond motifs is 1. The third kappa shape index (κ3) is 2.17. The van der Waals surface area contributed by atoms with Crippen LogP contribution in [0.4, 0.5) is 0 Å². The molecule has 1 N–H and O–H groups in total. The molecule has 3 heteroatoms. The number of hydrogen-bond donors (Lipinski definition) is 1. The van der Waals surface area contributed by atoms with Crippen molar-refractivity contribution >= 4 is 23.4 Å². The van der Waals surface area contributed by atoms with E-state index in [2.05, 4.69) is 17.4 Å². The molecular weight excluding hydrogens is 226 g/mol. The van der Waals surface area contributed by atoms with Crippen LogP contribution < -0.4 is 5.32 Å². The monoisotopic (exact) mass is 239 g/mol. The van der Waals surface area contributed by atoms with E-state index in [4.69, 9.17) is 11.6 Å². The third-order valence-electron chi connectivity index (χ3n) is 3.03. The molecule has 0 radical (unpaired) electrons. The Labute approximate surface area is 99.6 Å². The van der Waals surface area contributed by atoms with Gasteiger partial charge in [-0.25, -0.2) is 0 Å². The Morgan fingerprint density at radius 1 is 1.27 bits per heavy atom. The Morgan fingerprint density at radius 3 is 2.93 bits per heavy atom. The first-order valence-corrected chi connectivity index (χ1v) is 6.87. The van der Waals surface area contributed by atoms with Crippen molar-refractivity contribution in [1.82, 2.24) is 5.32 Å². The first-order chi connectivity index (χ1) is 7.33. The molecule has 2 aliphatic rings. The van der Waals surface area contributed by atoms with E-state index in [-0.39, 0.29) is 0 Å². The van der Waals surface area contributed by atoms with Crippen LogP contribution in [0.2, 0.25) is 5.02 Å². The molecule has 3 rings (SSSR count). The Balaban J connectivity index is 1.87. The van der Waals surface area contributed by atoms with Gasteiger partial charge in [0.15, 0.2) is 0 Å². The van der Waals surface area contributed by atoms with Crippen molar-refractivity contribution in [2.75, 3.05) is 5.75 Å². The van der Waals surface area contributed by atoms with Crippen molar-refractivity contribution in [2.24, 2.45) is 0 Å². The minimum absolute atomic E-state index is 0.561. The predicted octanol–water partition coefficient (Wildman–Crippen LogP) is 3.63. The van der Waals surface area contributed by atoms with Gasteiger partial charge in [-0.1, -0.05) is 17.7 Å². The van der Waals surface area contributed by atoms with Gasteiger partial charge < -0.3 is 5.32 Å². The second-order valence-corrected chi connectivity index (χ2v) is 5.89. The van der Waals surface area contributed by atoms with E-state index in [0.29, 0.717) is 6.04 Å². The van der Waals surface area contributed by atoms with Crippen molar-refractivity contribution in [1.29, 1.82) is 0 Å². The lowest BCUT2D eigenvalue weighted by atomic mass is 10.0. The number of thioether (sulfide) groups is 1. The Kier molecular flexibility index (Phi) is 2.67. The number of hydrogen-bond acceptors (Lipinski definition) is 2. The summed E-state index contributed by atoms with van der Waals surface area (Å²) in [4.78, 5) is 1.37. The maximum absolute atomic E-state index is 6.01. The molecule has 1 atom stereocenters. The molecule has 80 valence electrons. The first-order valence-electron chi connectivity index (χ1n) is 5.51. The Bertz CT molecular complexity index is 376. The Hall–Kier alpha value is -0.180. The van der Waals surface area contributed by atoms with Gasteiger partial charge in [0.1, 0.15) is 0 Å². The van der Waals surface area contributed by atoms with Crippen molar-refractivity contribution < 1.29 is 0 Å². The molecule has 1 aromatic rings. The van der Waals surface area contributed by atoms with Crippen LogP contribution >= 0.6 is 23.4 Å². The van der Waals surface area contributed by atoms with Gasteiger partial charge in [-0.3, -0.25) is 0 Å². The highest BCUT2D eigenvalue weighted by Gasteiger charge is 2.28. The smallest absolute Gasteiger partial charge is 0.0417 e. The lowest BCUT2D eigenvalue weighted by Crippen LogP contribution is -2.26. The standard InChI is InChI=1S/C12H14ClNS/c13-8-1-4-10-11(14-9-2-3-9)5-6-15-12(10)7-8/h1,4,7,9,11,14H,2-3,5-6H2. The maximum atomic E-state index is 6.01. The molecule has 0 saturated heterocycles. The fourth-order valence-corrected chi connectivity index (χ4v) is 3.47. The number of nitrogens with one attached hydrogen (secondary N) is 1. The zero-order chi connectivity index (χ0) is 10.3. The van der Waals surface area contributed by atoms with Crippen LogP contribution in [0, 0.1) is 0 Å². The van der Waals surface area contributed by atoms with E-state index in [9.17, 15) is 0 Å². The van der Waals surface area contributed by atoms with E-state index in [0.717, 1.165) is 11.1 Å². The van der Waals surface area contributed by atoms with Gasteiger partial charge in [0, 0.05) is 22.0 Å². The summed E-state index contributed by atoms with van der Waals surface area (Å²) in [6.45, 7) is 0. The molecule has 1 heterocycles. The fraction of sp³-hybridized carbons (Fsp3) is 0.500. The molecule has 1 unspecified atom stereocenters. The summed E-state index contributed by atoms with van der Waals surface area (Å²) in [6, 6.07) is 7.63. The molecule has 1 aliphatic heterocycles. The van der Waals surface area contributed by atoms with Crippen LogP contribution in [0.15, 0.2) is 23.1 Å². The molecule has 0 aromatic heterocycles. The SMILES string of the molecule is Clc1ccc2c(c1)SCCC2NC1CC1.